The largest absolute Gasteiger partial charge is 0.419 e. The van der Waals surface area contributed by atoms with Crippen molar-refractivity contribution in [1.82, 2.24) is 5.32 Å². The Labute approximate surface area is 109 Å². The average Bonchev–Trinajstić information content (AvgIpc) is 2.37. The molecule has 0 heterocycles. The molecular formula is C13H15F3N2O. The molecule has 0 spiro atoms. The summed E-state index contributed by atoms with van der Waals surface area (Å²) in [4.78, 5) is 0. The lowest BCUT2D eigenvalue weighted by atomic mass is 9.98. The van der Waals surface area contributed by atoms with E-state index in [1.807, 2.05) is 0 Å². The third kappa shape index (κ3) is 3.46. The molecule has 1 unspecified atom stereocenters. The molecule has 0 aliphatic carbocycles. The highest BCUT2D eigenvalue weighted by Crippen LogP contribution is 2.31. The molecule has 0 saturated heterocycles. The second-order valence-electron chi connectivity index (χ2n) is 4.52. The molecule has 0 aliphatic heterocycles. The van der Waals surface area contributed by atoms with Crippen LogP contribution in [0.15, 0.2) is 30.3 Å². The predicted octanol–water partition coefficient (Wildman–Crippen LogP) is 2.54. The smallest absolute Gasteiger partial charge is 0.387 e. The minimum Gasteiger partial charge on any atom is -0.387 e. The number of nitrogens with zero attached hydrogens (tertiary/aromatic N) is 1. The Hall–Kier alpha value is -1.58. The van der Waals surface area contributed by atoms with Crippen molar-refractivity contribution < 1.29 is 18.3 Å². The maximum atomic E-state index is 12.8. The van der Waals surface area contributed by atoms with E-state index >= 15 is 0 Å². The van der Waals surface area contributed by atoms with E-state index in [-0.39, 0.29) is 0 Å². The minimum atomic E-state index is -4.72. The van der Waals surface area contributed by atoms with Crippen LogP contribution in [0, 0.1) is 11.3 Å². The number of benzene rings is 1. The molecule has 104 valence electrons. The topological polar surface area (TPSA) is 56.0 Å². The van der Waals surface area contributed by atoms with Crippen LogP contribution < -0.4 is 5.32 Å². The standard InChI is InChI=1S/C13H15F3N2O/c1-9(11(19)10-6-4-3-5-7-10)18-12(2,8-17)13(14,15)16/h3-7,9,11,18-19H,1-2H3/t9-,11-,12?/m0/s1. The van der Waals surface area contributed by atoms with Crippen LogP contribution in [-0.4, -0.2) is 22.9 Å². The first kappa shape index (κ1) is 15.5. The Morgan fingerprint density at radius 2 is 1.79 bits per heavy atom. The Morgan fingerprint density at radius 1 is 1.26 bits per heavy atom. The van der Waals surface area contributed by atoms with Crippen LogP contribution in [0.25, 0.3) is 0 Å². The van der Waals surface area contributed by atoms with Crippen molar-refractivity contribution in [2.24, 2.45) is 0 Å². The molecule has 0 bridgehead atoms. The summed E-state index contributed by atoms with van der Waals surface area (Å²) in [7, 11) is 0. The van der Waals surface area contributed by atoms with Crippen LogP contribution in [0.4, 0.5) is 13.2 Å². The van der Waals surface area contributed by atoms with Crippen molar-refractivity contribution in [1.29, 1.82) is 5.26 Å². The number of nitrogens with one attached hydrogen (secondary N) is 1. The molecule has 1 aromatic rings. The molecule has 0 amide bonds. The lowest BCUT2D eigenvalue weighted by molar-refractivity contribution is -0.177. The Bertz CT molecular complexity index is 455. The third-order valence-electron chi connectivity index (χ3n) is 2.92. The van der Waals surface area contributed by atoms with E-state index in [0.717, 1.165) is 6.92 Å². The summed E-state index contributed by atoms with van der Waals surface area (Å²) in [5.41, 5.74) is -2.20. The first-order valence-corrected chi connectivity index (χ1v) is 5.70. The van der Waals surface area contributed by atoms with Crippen molar-refractivity contribution in [3.8, 4) is 6.07 Å². The first-order chi connectivity index (χ1) is 8.71. The second kappa shape index (κ2) is 5.59. The Balaban J connectivity index is 2.85. The number of alkyl halides is 3. The fourth-order valence-electron chi connectivity index (χ4n) is 1.65. The van der Waals surface area contributed by atoms with E-state index in [0.29, 0.717) is 5.56 Å². The summed E-state index contributed by atoms with van der Waals surface area (Å²) in [6.45, 7) is 2.15. The third-order valence-corrected chi connectivity index (χ3v) is 2.92. The molecule has 1 rings (SSSR count). The van der Waals surface area contributed by atoms with E-state index in [1.54, 1.807) is 30.3 Å². The average molecular weight is 272 g/mol. The van der Waals surface area contributed by atoms with Crippen molar-refractivity contribution in [2.45, 2.75) is 37.7 Å². The van der Waals surface area contributed by atoms with Crippen molar-refractivity contribution in [2.75, 3.05) is 0 Å². The lowest BCUT2D eigenvalue weighted by Gasteiger charge is -2.31. The van der Waals surface area contributed by atoms with Crippen LogP contribution in [0.2, 0.25) is 0 Å². The molecule has 19 heavy (non-hydrogen) atoms. The van der Waals surface area contributed by atoms with Gasteiger partial charge in [0.2, 0.25) is 0 Å². The van der Waals surface area contributed by atoms with Gasteiger partial charge in [-0.25, -0.2) is 0 Å². The monoisotopic (exact) mass is 272 g/mol. The van der Waals surface area contributed by atoms with Crippen LogP contribution in [-0.2, 0) is 0 Å². The van der Waals surface area contributed by atoms with Crippen LogP contribution in [0.5, 0.6) is 0 Å². The van der Waals surface area contributed by atoms with Crippen LogP contribution in [0.1, 0.15) is 25.5 Å². The van der Waals surface area contributed by atoms with Crippen molar-refractivity contribution in [3.63, 3.8) is 0 Å². The van der Waals surface area contributed by atoms with E-state index in [9.17, 15) is 18.3 Å². The van der Waals surface area contributed by atoms with Gasteiger partial charge < -0.3 is 5.11 Å². The zero-order valence-electron chi connectivity index (χ0n) is 10.6. The quantitative estimate of drug-likeness (QED) is 0.885. The van der Waals surface area contributed by atoms with Gasteiger partial charge in [-0.3, -0.25) is 5.32 Å². The Morgan fingerprint density at radius 3 is 2.21 bits per heavy atom. The summed E-state index contributed by atoms with van der Waals surface area (Å²) in [5.74, 6) is 0. The van der Waals surface area contributed by atoms with Gasteiger partial charge in [0.25, 0.3) is 0 Å². The molecule has 0 saturated carbocycles. The maximum absolute atomic E-state index is 12.8. The number of rotatable bonds is 4. The zero-order chi connectivity index (χ0) is 14.7. The molecule has 0 fully saturated rings. The summed E-state index contributed by atoms with van der Waals surface area (Å²) in [6.07, 6.45) is -5.84. The molecule has 0 aromatic heterocycles. The number of nitriles is 1. The maximum Gasteiger partial charge on any atom is 0.419 e. The fourth-order valence-corrected chi connectivity index (χ4v) is 1.65. The van der Waals surface area contributed by atoms with Gasteiger partial charge in [-0.1, -0.05) is 30.3 Å². The van der Waals surface area contributed by atoms with Gasteiger partial charge in [0.1, 0.15) is 0 Å². The lowest BCUT2D eigenvalue weighted by Crippen LogP contribution is -2.57. The molecular weight excluding hydrogens is 257 g/mol. The van der Waals surface area contributed by atoms with E-state index in [2.05, 4.69) is 5.32 Å². The number of hydrogen-bond acceptors (Lipinski definition) is 3. The Kier molecular flexibility index (Phi) is 4.56. The van der Waals surface area contributed by atoms with E-state index in [1.165, 1.54) is 13.0 Å². The van der Waals surface area contributed by atoms with Gasteiger partial charge in [-0.15, -0.1) is 0 Å². The van der Waals surface area contributed by atoms with Crippen molar-refractivity contribution in [3.05, 3.63) is 35.9 Å². The summed E-state index contributed by atoms with van der Waals surface area (Å²) in [6, 6.07) is 8.61. The molecule has 1 aromatic carbocycles. The van der Waals surface area contributed by atoms with E-state index in [4.69, 9.17) is 5.26 Å². The zero-order valence-corrected chi connectivity index (χ0v) is 10.6. The number of hydrogen-bond donors (Lipinski definition) is 2. The predicted molar refractivity (Wildman–Crippen MR) is 64.1 cm³/mol. The van der Waals surface area contributed by atoms with Gasteiger partial charge >= 0.3 is 6.18 Å². The summed E-state index contributed by atoms with van der Waals surface area (Å²) in [5, 5.41) is 20.8. The normalized spacial score (nSPS) is 18.2. The first-order valence-electron chi connectivity index (χ1n) is 5.70. The van der Waals surface area contributed by atoms with Crippen LogP contribution in [0.3, 0.4) is 0 Å². The SMILES string of the molecule is C[C@H](NC(C)(C#N)C(F)(F)F)[C@H](O)c1ccccc1. The van der Waals surface area contributed by atoms with Gasteiger partial charge in [0, 0.05) is 6.04 Å². The fraction of sp³-hybridized carbons (Fsp3) is 0.462. The van der Waals surface area contributed by atoms with Gasteiger partial charge in [0.05, 0.1) is 12.2 Å². The summed E-state index contributed by atoms with van der Waals surface area (Å²) < 4.78 is 38.3. The highest BCUT2D eigenvalue weighted by molar-refractivity contribution is 5.20. The summed E-state index contributed by atoms with van der Waals surface area (Å²) >= 11 is 0. The number of aliphatic hydroxyl groups excluding tert-OH is 1. The van der Waals surface area contributed by atoms with Crippen molar-refractivity contribution >= 4 is 0 Å². The van der Waals surface area contributed by atoms with E-state index < -0.39 is 23.9 Å². The molecule has 3 atom stereocenters. The highest BCUT2D eigenvalue weighted by atomic mass is 19.4. The molecule has 6 heteroatoms. The molecule has 0 radical (unpaired) electrons. The molecule has 2 N–H and O–H groups in total. The molecule has 0 aliphatic rings. The molecule has 3 nitrogen and oxygen atoms in total. The van der Waals surface area contributed by atoms with Gasteiger partial charge in [-0.05, 0) is 19.4 Å². The van der Waals surface area contributed by atoms with Gasteiger partial charge in [-0.2, -0.15) is 18.4 Å². The minimum absolute atomic E-state index is 0.491. The number of aliphatic hydroxyl groups is 1. The highest BCUT2D eigenvalue weighted by Gasteiger charge is 2.52. The van der Waals surface area contributed by atoms with Crippen LogP contribution >= 0.6 is 0 Å². The van der Waals surface area contributed by atoms with Gasteiger partial charge in [0.15, 0.2) is 5.54 Å². The number of halogens is 3. The second-order valence-corrected chi connectivity index (χ2v) is 4.52.